The molecule has 0 atom stereocenters. The lowest BCUT2D eigenvalue weighted by atomic mass is 10.1. The lowest BCUT2D eigenvalue weighted by Crippen LogP contribution is -2.34. The number of dihydropyridines is 1. The summed E-state index contributed by atoms with van der Waals surface area (Å²) in [6, 6.07) is 9.90. The van der Waals surface area contributed by atoms with E-state index in [-0.39, 0.29) is 5.91 Å². The molecule has 3 aromatic rings. The molecule has 4 rings (SSSR count). The zero-order valence-electron chi connectivity index (χ0n) is 25.3. The molecule has 2 N–H and O–H groups in total. The molecule has 0 unspecified atom stereocenters. The van der Waals surface area contributed by atoms with Gasteiger partial charge in [-0.2, -0.15) is 0 Å². The van der Waals surface area contributed by atoms with Crippen molar-refractivity contribution in [2.45, 2.75) is 40.0 Å². The number of aliphatic imine (C=N–C) groups is 1. The van der Waals surface area contributed by atoms with Crippen molar-refractivity contribution in [3.8, 4) is 5.75 Å². The van der Waals surface area contributed by atoms with Crippen LogP contribution in [0.4, 0.5) is 22.9 Å². The molecule has 0 fully saturated rings. The number of nitrogens with one attached hydrogen (secondary N) is 2. The Bertz CT molecular complexity index is 1440. The molecule has 0 bridgehead atoms. The average Bonchev–Trinajstić information content (AvgIpc) is 3.00. The zero-order valence-corrected chi connectivity index (χ0v) is 25.3. The minimum Gasteiger partial charge on any atom is -0.487 e. The average molecular weight is 570 g/mol. The van der Waals surface area contributed by atoms with Crippen LogP contribution in [0.1, 0.15) is 38.7 Å². The number of benzene rings is 2. The SMILES string of the molecule is C=CC(=O)Nc1cc2c(Nc3ccc(OCC4=NCCC=C4)c(C)c3)ncnc2cc1N(C)CCN(CCC)CCC. The molecule has 0 radical (unpaired) electrons. The Morgan fingerprint density at radius 2 is 1.90 bits per heavy atom. The third kappa shape index (κ3) is 8.16. The van der Waals surface area contributed by atoms with Crippen LogP contribution in [0, 0.1) is 6.92 Å². The van der Waals surface area contributed by atoms with Gasteiger partial charge in [-0.05, 0) is 87.3 Å². The summed E-state index contributed by atoms with van der Waals surface area (Å²) >= 11 is 0. The number of carbonyl (C=O) groups is 1. The number of amides is 1. The van der Waals surface area contributed by atoms with Crippen LogP contribution in [0.2, 0.25) is 0 Å². The van der Waals surface area contributed by atoms with Crippen LogP contribution in [0.25, 0.3) is 10.9 Å². The van der Waals surface area contributed by atoms with Crippen LogP contribution in [0.3, 0.4) is 0 Å². The van der Waals surface area contributed by atoms with Crippen LogP contribution < -0.4 is 20.3 Å². The van der Waals surface area contributed by atoms with E-state index in [0.29, 0.717) is 18.1 Å². The number of rotatable bonds is 15. The van der Waals surface area contributed by atoms with E-state index in [1.165, 1.54) is 6.08 Å². The number of hydrogen-bond acceptors (Lipinski definition) is 8. The van der Waals surface area contributed by atoms with E-state index in [9.17, 15) is 4.79 Å². The second kappa shape index (κ2) is 15.1. The normalized spacial score (nSPS) is 12.7. The van der Waals surface area contributed by atoms with E-state index in [4.69, 9.17) is 4.74 Å². The van der Waals surface area contributed by atoms with Gasteiger partial charge >= 0.3 is 0 Å². The topological polar surface area (TPSA) is 95.0 Å². The standard InChI is InChI=1S/C33H43N7O2/c1-6-15-40(16-7-2)18-17-39(5)30-21-28-27(20-29(30)38-32(41)8-3)33(36-23-35-28)37-25-12-13-31(24(4)19-25)42-22-26-11-9-10-14-34-26/h8-9,11-13,19-21,23H,3,6-7,10,14-18,22H2,1-2,4-5H3,(H,38,41)(H,35,36,37). The first kappa shape index (κ1) is 30.7. The summed E-state index contributed by atoms with van der Waals surface area (Å²) in [5, 5.41) is 7.23. The van der Waals surface area contributed by atoms with Crippen LogP contribution in [-0.2, 0) is 4.79 Å². The highest BCUT2D eigenvalue weighted by Gasteiger charge is 2.16. The van der Waals surface area contributed by atoms with Gasteiger partial charge < -0.3 is 25.2 Å². The maximum absolute atomic E-state index is 12.4. The van der Waals surface area contributed by atoms with Gasteiger partial charge in [0.15, 0.2) is 0 Å². The molecule has 9 nitrogen and oxygen atoms in total. The van der Waals surface area contributed by atoms with E-state index in [1.54, 1.807) is 6.33 Å². The summed E-state index contributed by atoms with van der Waals surface area (Å²) in [7, 11) is 2.05. The van der Waals surface area contributed by atoms with Crippen molar-refractivity contribution >= 4 is 45.4 Å². The smallest absolute Gasteiger partial charge is 0.247 e. The Morgan fingerprint density at radius 1 is 1.10 bits per heavy atom. The summed E-state index contributed by atoms with van der Waals surface area (Å²) in [5.74, 6) is 1.19. The van der Waals surface area contributed by atoms with Crippen molar-refractivity contribution in [2.24, 2.45) is 4.99 Å². The van der Waals surface area contributed by atoms with Crippen molar-refractivity contribution in [1.29, 1.82) is 0 Å². The largest absolute Gasteiger partial charge is 0.487 e. The first-order valence-electron chi connectivity index (χ1n) is 14.8. The van der Waals surface area contributed by atoms with E-state index >= 15 is 0 Å². The fraction of sp³-hybridized carbons (Fsp3) is 0.394. The summed E-state index contributed by atoms with van der Waals surface area (Å²) in [6.45, 7) is 15.2. The molecule has 2 heterocycles. The number of aryl methyl sites for hydroxylation is 1. The van der Waals surface area contributed by atoms with Crippen LogP contribution in [0.15, 0.2) is 66.5 Å². The molecule has 2 aromatic carbocycles. The molecule has 0 spiro atoms. The molecule has 1 aliphatic rings. The highest BCUT2D eigenvalue weighted by atomic mass is 16.5. The van der Waals surface area contributed by atoms with E-state index in [2.05, 4.69) is 61.9 Å². The highest BCUT2D eigenvalue weighted by Crippen LogP contribution is 2.34. The molecule has 0 saturated heterocycles. The van der Waals surface area contributed by atoms with Crippen molar-refractivity contribution in [3.05, 3.63) is 67.0 Å². The van der Waals surface area contributed by atoms with Crippen molar-refractivity contribution < 1.29 is 9.53 Å². The number of likely N-dealkylation sites (N-methyl/N-ethyl adjacent to an activating group) is 1. The Balaban J connectivity index is 1.57. The number of ether oxygens (including phenoxy) is 1. The van der Waals surface area contributed by atoms with Gasteiger partial charge in [-0.1, -0.05) is 26.5 Å². The van der Waals surface area contributed by atoms with Gasteiger partial charge in [0, 0.05) is 37.8 Å². The second-order valence-electron chi connectivity index (χ2n) is 10.5. The second-order valence-corrected chi connectivity index (χ2v) is 10.5. The van der Waals surface area contributed by atoms with Crippen molar-refractivity contribution in [2.75, 3.05) is 61.9 Å². The number of nitrogens with zero attached hydrogens (tertiary/aromatic N) is 5. The molecule has 9 heteroatoms. The van der Waals surface area contributed by atoms with E-state index in [0.717, 1.165) is 91.3 Å². The molecule has 0 aliphatic carbocycles. The summed E-state index contributed by atoms with van der Waals surface area (Å²) in [6.07, 6.45) is 10.2. The Morgan fingerprint density at radius 3 is 2.60 bits per heavy atom. The molecule has 0 saturated carbocycles. The third-order valence-electron chi connectivity index (χ3n) is 7.17. The van der Waals surface area contributed by atoms with Gasteiger partial charge in [0.25, 0.3) is 0 Å². The van der Waals surface area contributed by atoms with Gasteiger partial charge in [-0.25, -0.2) is 9.97 Å². The summed E-state index contributed by atoms with van der Waals surface area (Å²) < 4.78 is 6.02. The molecular formula is C33H43N7O2. The van der Waals surface area contributed by atoms with Crippen LogP contribution in [0.5, 0.6) is 5.75 Å². The van der Waals surface area contributed by atoms with Gasteiger partial charge in [0.1, 0.15) is 24.5 Å². The number of anilines is 4. The summed E-state index contributed by atoms with van der Waals surface area (Å²) in [5.41, 5.74) is 5.19. The monoisotopic (exact) mass is 569 g/mol. The molecular weight excluding hydrogens is 526 g/mol. The van der Waals surface area contributed by atoms with Gasteiger partial charge in [-0.15, -0.1) is 0 Å². The fourth-order valence-corrected chi connectivity index (χ4v) is 5.00. The minimum atomic E-state index is -0.269. The predicted molar refractivity (Wildman–Crippen MR) is 175 cm³/mol. The fourth-order valence-electron chi connectivity index (χ4n) is 5.00. The lowest BCUT2D eigenvalue weighted by molar-refractivity contribution is -0.111. The Labute approximate surface area is 249 Å². The van der Waals surface area contributed by atoms with Crippen molar-refractivity contribution in [3.63, 3.8) is 0 Å². The minimum absolute atomic E-state index is 0.269. The number of carbonyl (C=O) groups excluding carboxylic acids is 1. The first-order chi connectivity index (χ1) is 20.4. The first-order valence-corrected chi connectivity index (χ1v) is 14.8. The van der Waals surface area contributed by atoms with Gasteiger partial charge in [-0.3, -0.25) is 9.79 Å². The number of fused-ring (bicyclic) bond motifs is 1. The van der Waals surface area contributed by atoms with E-state index < -0.39 is 0 Å². The van der Waals surface area contributed by atoms with E-state index in [1.807, 2.05) is 50.4 Å². The van der Waals surface area contributed by atoms with Crippen LogP contribution in [-0.4, -0.2) is 72.9 Å². The van der Waals surface area contributed by atoms with Crippen molar-refractivity contribution in [1.82, 2.24) is 14.9 Å². The number of hydrogen-bond donors (Lipinski definition) is 2. The lowest BCUT2D eigenvalue weighted by Gasteiger charge is -2.27. The molecule has 222 valence electrons. The summed E-state index contributed by atoms with van der Waals surface area (Å²) in [4.78, 5) is 30.6. The molecule has 1 amide bonds. The highest BCUT2D eigenvalue weighted by molar-refractivity contribution is 6.05. The maximum atomic E-state index is 12.4. The molecule has 42 heavy (non-hydrogen) atoms. The Hall–Kier alpha value is -4.24. The predicted octanol–water partition coefficient (Wildman–Crippen LogP) is 6.14. The quantitative estimate of drug-likeness (QED) is 0.212. The number of aromatic nitrogens is 2. The Kier molecular flexibility index (Phi) is 11.1. The zero-order chi connectivity index (χ0) is 29.9. The van der Waals surface area contributed by atoms with Gasteiger partial charge in [0.05, 0.1) is 22.6 Å². The van der Waals surface area contributed by atoms with Gasteiger partial charge in [0.2, 0.25) is 5.91 Å². The third-order valence-corrected chi connectivity index (χ3v) is 7.17. The molecule has 1 aromatic heterocycles. The maximum Gasteiger partial charge on any atom is 0.247 e. The molecule has 1 aliphatic heterocycles. The van der Waals surface area contributed by atoms with Crippen LogP contribution >= 0.6 is 0 Å².